The van der Waals surface area contributed by atoms with Gasteiger partial charge in [-0.25, -0.2) is 4.98 Å². The molecule has 1 heterocycles. The highest BCUT2D eigenvalue weighted by Gasteiger charge is 2.17. The highest BCUT2D eigenvalue weighted by atomic mass is 79.9. The quantitative estimate of drug-likeness (QED) is 0.627. The summed E-state index contributed by atoms with van der Waals surface area (Å²) in [6.45, 7) is 5.08. The Kier molecular flexibility index (Phi) is 5.28. The van der Waals surface area contributed by atoms with Gasteiger partial charge >= 0.3 is 0 Å². The van der Waals surface area contributed by atoms with E-state index < -0.39 is 0 Å². The van der Waals surface area contributed by atoms with Crippen molar-refractivity contribution < 1.29 is 0 Å². The number of aromatic nitrogens is 3. The molecule has 0 bridgehead atoms. The van der Waals surface area contributed by atoms with Crippen molar-refractivity contribution in [2.75, 3.05) is 0 Å². The minimum atomic E-state index is 0.00378. The van der Waals surface area contributed by atoms with Crippen LogP contribution in [0.5, 0.6) is 0 Å². The lowest BCUT2D eigenvalue weighted by atomic mass is 10.0. The van der Waals surface area contributed by atoms with E-state index in [1.807, 2.05) is 10.7 Å². The first-order chi connectivity index (χ1) is 9.65. The highest BCUT2D eigenvalue weighted by Crippen LogP contribution is 2.26. The van der Waals surface area contributed by atoms with E-state index in [1.165, 1.54) is 5.56 Å². The normalized spacial score (nSPS) is 12.6. The van der Waals surface area contributed by atoms with Crippen LogP contribution in [0.15, 0.2) is 29.0 Å². The van der Waals surface area contributed by atoms with E-state index in [0.717, 1.165) is 28.8 Å². The van der Waals surface area contributed by atoms with Crippen molar-refractivity contribution in [2.24, 2.45) is 5.84 Å². The molecule has 0 radical (unpaired) electrons. The lowest BCUT2D eigenvalue weighted by Gasteiger charge is -2.18. The summed E-state index contributed by atoms with van der Waals surface area (Å²) in [5.41, 5.74) is 5.23. The van der Waals surface area contributed by atoms with Gasteiger partial charge in [-0.05, 0) is 25.0 Å². The van der Waals surface area contributed by atoms with Crippen molar-refractivity contribution in [3.05, 3.63) is 46.0 Å². The second-order valence-electron chi connectivity index (χ2n) is 4.85. The van der Waals surface area contributed by atoms with Gasteiger partial charge in [-0.2, -0.15) is 5.10 Å². The molecule has 0 spiro atoms. The summed E-state index contributed by atoms with van der Waals surface area (Å²) in [7, 11) is 0. The predicted molar refractivity (Wildman–Crippen MR) is 83.0 cm³/mol. The minimum absolute atomic E-state index is 0.00378. The van der Waals surface area contributed by atoms with Crippen LogP contribution in [0.4, 0.5) is 0 Å². The number of halogens is 1. The number of rotatable bonds is 6. The van der Waals surface area contributed by atoms with Gasteiger partial charge in [0.1, 0.15) is 12.2 Å². The largest absolute Gasteiger partial charge is 0.271 e. The number of hydrogen-bond donors (Lipinski definition) is 2. The van der Waals surface area contributed by atoms with Crippen LogP contribution >= 0.6 is 15.9 Å². The molecule has 1 aromatic heterocycles. The van der Waals surface area contributed by atoms with Gasteiger partial charge in [-0.1, -0.05) is 40.5 Å². The van der Waals surface area contributed by atoms with Gasteiger partial charge in [-0.3, -0.25) is 16.0 Å². The number of nitrogens with two attached hydrogens (primary N) is 1. The van der Waals surface area contributed by atoms with Crippen LogP contribution < -0.4 is 11.3 Å². The zero-order valence-corrected chi connectivity index (χ0v) is 13.4. The first-order valence-corrected chi connectivity index (χ1v) is 7.53. The van der Waals surface area contributed by atoms with Crippen LogP contribution in [0.1, 0.15) is 36.3 Å². The van der Waals surface area contributed by atoms with Crippen molar-refractivity contribution in [2.45, 2.75) is 39.3 Å². The number of nitrogens with one attached hydrogen (secondary N) is 1. The molecular formula is C14H20BrN5. The number of hydrogen-bond acceptors (Lipinski definition) is 4. The fraction of sp³-hybridized carbons (Fsp3) is 0.429. The molecule has 0 aliphatic rings. The second-order valence-corrected chi connectivity index (χ2v) is 5.70. The second kappa shape index (κ2) is 6.97. The van der Waals surface area contributed by atoms with Crippen molar-refractivity contribution >= 4 is 15.9 Å². The Morgan fingerprint density at radius 1 is 1.45 bits per heavy atom. The fourth-order valence-corrected chi connectivity index (χ4v) is 2.74. The van der Waals surface area contributed by atoms with Crippen LogP contribution in [0.2, 0.25) is 0 Å². The Balaban J connectivity index is 2.24. The summed E-state index contributed by atoms with van der Waals surface area (Å²) < 4.78 is 2.99. The highest BCUT2D eigenvalue weighted by molar-refractivity contribution is 9.10. The van der Waals surface area contributed by atoms with Crippen molar-refractivity contribution in [1.29, 1.82) is 0 Å². The summed E-state index contributed by atoms with van der Waals surface area (Å²) in [5.74, 6) is 6.68. The van der Waals surface area contributed by atoms with E-state index in [2.05, 4.69) is 57.4 Å². The zero-order chi connectivity index (χ0) is 14.5. The molecule has 1 atom stereocenters. The molecule has 0 saturated heterocycles. The molecule has 108 valence electrons. The Bertz CT molecular complexity index is 566. The number of nitrogens with zero attached hydrogens (tertiary/aromatic N) is 3. The predicted octanol–water partition coefficient (Wildman–Crippen LogP) is 2.51. The maximum atomic E-state index is 5.74. The fourth-order valence-electron chi connectivity index (χ4n) is 2.22. The number of hydrazine groups is 1. The summed E-state index contributed by atoms with van der Waals surface area (Å²) in [6.07, 6.45) is 3.34. The molecule has 0 amide bonds. The third kappa shape index (κ3) is 3.45. The Morgan fingerprint density at radius 3 is 2.95 bits per heavy atom. The molecule has 3 N–H and O–H groups in total. The van der Waals surface area contributed by atoms with Gasteiger partial charge < -0.3 is 0 Å². The zero-order valence-electron chi connectivity index (χ0n) is 11.8. The van der Waals surface area contributed by atoms with Gasteiger partial charge in [0, 0.05) is 17.4 Å². The maximum absolute atomic E-state index is 5.74. The molecule has 1 unspecified atom stereocenters. The molecule has 2 aromatic rings. The number of aryl methyl sites for hydroxylation is 2. The SMILES string of the molecule is CCCn1ncnc1CC(NN)c1cc(C)ccc1Br. The lowest BCUT2D eigenvalue weighted by Crippen LogP contribution is -2.30. The molecular weight excluding hydrogens is 318 g/mol. The molecule has 1 aromatic carbocycles. The van der Waals surface area contributed by atoms with Crippen molar-refractivity contribution in [1.82, 2.24) is 20.2 Å². The lowest BCUT2D eigenvalue weighted by molar-refractivity contribution is 0.498. The van der Waals surface area contributed by atoms with E-state index in [0.29, 0.717) is 6.42 Å². The van der Waals surface area contributed by atoms with Gasteiger partial charge in [-0.15, -0.1) is 0 Å². The molecule has 0 aliphatic heterocycles. The van der Waals surface area contributed by atoms with E-state index >= 15 is 0 Å². The van der Waals surface area contributed by atoms with Gasteiger partial charge in [0.2, 0.25) is 0 Å². The topological polar surface area (TPSA) is 68.8 Å². The van der Waals surface area contributed by atoms with E-state index in [-0.39, 0.29) is 6.04 Å². The summed E-state index contributed by atoms with van der Waals surface area (Å²) in [5, 5.41) is 4.25. The molecule has 0 fully saturated rings. The van der Waals surface area contributed by atoms with Crippen molar-refractivity contribution in [3.63, 3.8) is 0 Å². The van der Waals surface area contributed by atoms with E-state index in [1.54, 1.807) is 6.33 Å². The monoisotopic (exact) mass is 337 g/mol. The molecule has 5 nitrogen and oxygen atoms in total. The summed E-state index contributed by atoms with van der Waals surface area (Å²) >= 11 is 3.59. The van der Waals surface area contributed by atoms with E-state index in [4.69, 9.17) is 5.84 Å². The van der Waals surface area contributed by atoms with Crippen LogP contribution in [-0.4, -0.2) is 14.8 Å². The summed E-state index contributed by atoms with van der Waals surface area (Å²) in [4.78, 5) is 4.34. The maximum Gasteiger partial charge on any atom is 0.138 e. The smallest absolute Gasteiger partial charge is 0.138 e. The Morgan fingerprint density at radius 2 is 2.25 bits per heavy atom. The molecule has 0 aliphatic carbocycles. The average Bonchev–Trinajstić information content (AvgIpc) is 2.87. The van der Waals surface area contributed by atoms with E-state index in [9.17, 15) is 0 Å². The van der Waals surface area contributed by atoms with Gasteiger partial charge in [0.15, 0.2) is 0 Å². The third-order valence-corrected chi connectivity index (χ3v) is 3.97. The number of benzene rings is 1. The van der Waals surface area contributed by atoms with Crippen LogP contribution in [0, 0.1) is 6.92 Å². The Hall–Kier alpha value is -1.24. The first kappa shape index (κ1) is 15.2. The van der Waals surface area contributed by atoms with Crippen LogP contribution in [0.25, 0.3) is 0 Å². The third-order valence-electron chi connectivity index (χ3n) is 3.25. The first-order valence-electron chi connectivity index (χ1n) is 6.74. The van der Waals surface area contributed by atoms with Gasteiger partial charge in [0.05, 0.1) is 6.04 Å². The minimum Gasteiger partial charge on any atom is -0.271 e. The van der Waals surface area contributed by atoms with Crippen LogP contribution in [0.3, 0.4) is 0 Å². The standard InChI is InChI=1S/C14H20BrN5/c1-3-6-20-14(17-9-18-20)8-13(19-16)11-7-10(2)4-5-12(11)15/h4-5,7,9,13,19H,3,6,8,16H2,1-2H3. The molecule has 20 heavy (non-hydrogen) atoms. The average molecular weight is 338 g/mol. The Labute approximate surface area is 127 Å². The van der Waals surface area contributed by atoms with Crippen LogP contribution in [-0.2, 0) is 13.0 Å². The van der Waals surface area contributed by atoms with Crippen molar-refractivity contribution in [3.8, 4) is 0 Å². The summed E-state index contributed by atoms with van der Waals surface area (Å²) in [6, 6.07) is 6.26. The van der Waals surface area contributed by atoms with Gasteiger partial charge in [0.25, 0.3) is 0 Å². The molecule has 2 rings (SSSR count). The molecule has 0 saturated carbocycles. The molecule has 6 heteroatoms.